The van der Waals surface area contributed by atoms with Gasteiger partial charge in [-0.2, -0.15) is 0 Å². The Balaban J connectivity index is 2.58. The first kappa shape index (κ1) is 13.1. The number of carbonyl (C=O) groups is 1. The average molecular weight is 261 g/mol. The van der Waals surface area contributed by atoms with Gasteiger partial charge in [-0.15, -0.1) is 0 Å². The van der Waals surface area contributed by atoms with E-state index in [1.807, 2.05) is 0 Å². The molecule has 0 amide bonds. The molecule has 5 nitrogen and oxygen atoms in total. The highest BCUT2D eigenvalue weighted by Crippen LogP contribution is 2.18. The number of carboxylic acid groups (broad SMARTS) is 1. The Morgan fingerprint density at radius 3 is 2.79 bits per heavy atom. The summed E-state index contributed by atoms with van der Waals surface area (Å²) in [6, 6.07) is 5.22. The van der Waals surface area contributed by atoms with Crippen molar-refractivity contribution in [2.45, 2.75) is 19.8 Å². The molecule has 0 spiro atoms. The molecule has 0 radical (unpaired) electrons. The lowest BCUT2D eigenvalue weighted by atomic mass is 10.0. The smallest absolute Gasteiger partial charge is 0.303 e. The van der Waals surface area contributed by atoms with Gasteiger partial charge in [-0.1, -0.05) is 0 Å². The van der Waals surface area contributed by atoms with E-state index >= 15 is 0 Å². The molecule has 0 saturated carbocycles. The normalized spacial score (nSPS) is 10.6. The van der Waals surface area contributed by atoms with Gasteiger partial charge in [-0.25, -0.2) is 0 Å². The molecule has 0 atom stereocenters. The summed E-state index contributed by atoms with van der Waals surface area (Å²) in [5.74, 6) is -0.310. The van der Waals surface area contributed by atoms with E-state index in [0.717, 1.165) is 5.52 Å². The van der Waals surface area contributed by atoms with Gasteiger partial charge in [0.05, 0.1) is 7.11 Å². The highest BCUT2D eigenvalue weighted by atomic mass is 16.5. The Morgan fingerprint density at radius 1 is 1.42 bits per heavy atom. The maximum absolute atomic E-state index is 12.4. The van der Waals surface area contributed by atoms with Crippen molar-refractivity contribution in [2.75, 3.05) is 7.11 Å². The topological polar surface area (TPSA) is 79.4 Å². The number of methoxy groups -OCH3 is 1. The Bertz CT molecular complexity index is 688. The van der Waals surface area contributed by atoms with Gasteiger partial charge >= 0.3 is 5.97 Å². The Kier molecular flexibility index (Phi) is 3.55. The van der Waals surface area contributed by atoms with Crippen LogP contribution in [0.5, 0.6) is 5.75 Å². The van der Waals surface area contributed by atoms with Gasteiger partial charge in [0.15, 0.2) is 5.43 Å². The lowest BCUT2D eigenvalue weighted by Gasteiger charge is -2.08. The van der Waals surface area contributed by atoms with Gasteiger partial charge in [0.1, 0.15) is 5.75 Å². The van der Waals surface area contributed by atoms with E-state index in [4.69, 9.17) is 9.84 Å². The second kappa shape index (κ2) is 5.14. The van der Waals surface area contributed by atoms with E-state index in [9.17, 15) is 9.59 Å². The van der Waals surface area contributed by atoms with Crippen LogP contribution in [-0.4, -0.2) is 23.2 Å². The molecule has 2 rings (SSSR count). The van der Waals surface area contributed by atoms with Gasteiger partial charge in [-0.3, -0.25) is 9.59 Å². The summed E-state index contributed by atoms with van der Waals surface area (Å²) in [6.45, 7) is 1.78. The molecule has 0 aliphatic rings. The molecule has 0 bridgehead atoms. The van der Waals surface area contributed by atoms with Crippen molar-refractivity contribution in [1.82, 2.24) is 4.98 Å². The highest BCUT2D eigenvalue weighted by Gasteiger charge is 2.11. The van der Waals surface area contributed by atoms with E-state index in [1.165, 1.54) is 7.11 Å². The molecule has 0 aliphatic carbocycles. The number of nitrogens with one attached hydrogen (secondary N) is 1. The van der Waals surface area contributed by atoms with E-state index in [2.05, 4.69) is 4.98 Å². The first-order valence-corrected chi connectivity index (χ1v) is 5.94. The van der Waals surface area contributed by atoms with Crippen LogP contribution < -0.4 is 10.2 Å². The van der Waals surface area contributed by atoms with Crippen LogP contribution in [0.25, 0.3) is 10.9 Å². The standard InChI is InChI=1S/C14H15NO4/c1-8-10(4-6-13(16)17)14(18)11-7-9(19-2)3-5-12(11)15-8/h3,5,7H,4,6H2,1-2H3,(H,15,18)(H,16,17). The SMILES string of the molecule is COc1ccc2[nH]c(C)c(CCC(=O)O)c(=O)c2c1. The molecule has 0 saturated heterocycles. The van der Waals surface area contributed by atoms with Crippen LogP contribution in [0, 0.1) is 6.92 Å². The molecule has 1 heterocycles. The zero-order valence-corrected chi connectivity index (χ0v) is 10.8. The number of aromatic amines is 1. The summed E-state index contributed by atoms with van der Waals surface area (Å²) < 4.78 is 5.10. The molecule has 0 unspecified atom stereocenters. The molecule has 100 valence electrons. The second-order valence-corrected chi connectivity index (χ2v) is 4.36. The molecule has 1 aromatic carbocycles. The highest BCUT2D eigenvalue weighted by molar-refractivity contribution is 5.81. The van der Waals surface area contributed by atoms with Crippen molar-refractivity contribution >= 4 is 16.9 Å². The monoisotopic (exact) mass is 261 g/mol. The number of hydrogen-bond acceptors (Lipinski definition) is 3. The van der Waals surface area contributed by atoms with Gasteiger partial charge in [0.25, 0.3) is 0 Å². The van der Waals surface area contributed by atoms with Crippen LogP contribution in [0.15, 0.2) is 23.0 Å². The van der Waals surface area contributed by atoms with Crippen LogP contribution in [0.2, 0.25) is 0 Å². The van der Waals surface area contributed by atoms with Crippen LogP contribution in [0.1, 0.15) is 17.7 Å². The fraction of sp³-hybridized carbons (Fsp3) is 0.286. The number of ether oxygens (including phenoxy) is 1. The number of aliphatic carboxylic acids is 1. The third kappa shape index (κ3) is 2.59. The zero-order valence-electron chi connectivity index (χ0n) is 10.8. The molecule has 2 aromatic rings. The first-order valence-electron chi connectivity index (χ1n) is 5.94. The number of aryl methyl sites for hydroxylation is 1. The first-order chi connectivity index (χ1) is 9.02. The number of rotatable bonds is 4. The molecule has 0 fully saturated rings. The summed E-state index contributed by atoms with van der Waals surface area (Å²) in [7, 11) is 1.54. The van der Waals surface area contributed by atoms with Gasteiger partial charge in [0, 0.05) is 28.6 Å². The van der Waals surface area contributed by atoms with E-state index in [-0.39, 0.29) is 18.3 Å². The number of benzene rings is 1. The summed E-state index contributed by atoms with van der Waals surface area (Å²) >= 11 is 0. The number of fused-ring (bicyclic) bond motifs is 1. The lowest BCUT2D eigenvalue weighted by molar-refractivity contribution is -0.136. The molecular formula is C14H15NO4. The van der Waals surface area contributed by atoms with Crippen molar-refractivity contribution in [2.24, 2.45) is 0 Å². The van der Waals surface area contributed by atoms with Crippen LogP contribution in [0.3, 0.4) is 0 Å². The van der Waals surface area contributed by atoms with E-state index in [0.29, 0.717) is 22.4 Å². The quantitative estimate of drug-likeness (QED) is 0.880. The minimum atomic E-state index is -0.912. The Hall–Kier alpha value is -2.30. The minimum Gasteiger partial charge on any atom is -0.497 e. The molecule has 19 heavy (non-hydrogen) atoms. The van der Waals surface area contributed by atoms with E-state index in [1.54, 1.807) is 25.1 Å². The maximum atomic E-state index is 12.4. The summed E-state index contributed by atoms with van der Waals surface area (Å²) in [4.78, 5) is 26.1. The van der Waals surface area contributed by atoms with Crippen LogP contribution in [0.4, 0.5) is 0 Å². The Morgan fingerprint density at radius 2 is 2.16 bits per heavy atom. The predicted octanol–water partition coefficient (Wildman–Crippen LogP) is 1.86. The average Bonchev–Trinajstić information content (AvgIpc) is 2.38. The van der Waals surface area contributed by atoms with Crippen molar-refractivity contribution in [3.8, 4) is 5.75 Å². The fourth-order valence-electron chi connectivity index (χ4n) is 2.09. The summed E-state index contributed by atoms with van der Waals surface area (Å²) in [6.07, 6.45) is 0.170. The molecule has 1 aromatic heterocycles. The van der Waals surface area contributed by atoms with Crippen LogP contribution >= 0.6 is 0 Å². The third-order valence-electron chi connectivity index (χ3n) is 3.11. The summed E-state index contributed by atoms with van der Waals surface area (Å²) in [5.41, 5.74) is 1.82. The Labute approximate surface area is 109 Å². The predicted molar refractivity (Wildman–Crippen MR) is 71.8 cm³/mol. The number of hydrogen-bond donors (Lipinski definition) is 2. The molecule has 0 aliphatic heterocycles. The zero-order chi connectivity index (χ0) is 14.0. The van der Waals surface area contributed by atoms with Crippen molar-refractivity contribution in [1.29, 1.82) is 0 Å². The summed E-state index contributed by atoms with van der Waals surface area (Å²) in [5, 5.41) is 9.24. The number of pyridine rings is 1. The second-order valence-electron chi connectivity index (χ2n) is 4.36. The number of aromatic nitrogens is 1. The maximum Gasteiger partial charge on any atom is 0.303 e. The minimum absolute atomic E-state index is 0.0562. The van der Waals surface area contributed by atoms with Gasteiger partial charge in [0.2, 0.25) is 0 Å². The van der Waals surface area contributed by atoms with Crippen LogP contribution in [-0.2, 0) is 11.2 Å². The lowest BCUT2D eigenvalue weighted by Crippen LogP contribution is -2.15. The fourth-order valence-corrected chi connectivity index (χ4v) is 2.09. The molecular weight excluding hydrogens is 246 g/mol. The molecule has 5 heteroatoms. The largest absolute Gasteiger partial charge is 0.497 e. The number of carboxylic acids is 1. The van der Waals surface area contributed by atoms with Crippen molar-refractivity contribution < 1.29 is 14.6 Å². The van der Waals surface area contributed by atoms with Gasteiger partial charge in [-0.05, 0) is 31.5 Å². The van der Waals surface area contributed by atoms with Crippen molar-refractivity contribution in [3.05, 3.63) is 39.7 Å². The molecule has 2 N–H and O–H groups in total. The number of H-pyrrole nitrogens is 1. The van der Waals surface area contributed by atoms with Gasteiger partial charge < -0.3 is 14.8 Å². The third-order valence-corrected chi connectivity index (χ3v) is 3.11. The van der Waals surface area contributed by atoms with E-state index < -0.39 is 5.97 Å². The van der Waals surface area contributed by atoms with Crippen molar-refractivity contribution in [3.63, 3.8) is 0 Å².